The molecule has 2 fully saturated rings. The standard InChI is InChI=1S/C36H40N8O6/c37-24-14-15-43(18-24)35-41-33(38-17-27(22-6-10-25(45)11-7-22)23-8-12-26(46)13-9-23)30-34(42-35)44(20-39-30)29-16-28(31(47)32(29)48)40-36(49)50-19-21-4-2-1-3-5-21/h1-13,20,24,27-29,31-32,45-48H,14-19,37H2,(H,40,49)(H,38,41,42)/t24?,28-,29+,31+,32-/m0/s1. The number of hydrogen-bond acceptors (Lipinski definition) is 12. The summed E-state index contributed by atoms with van der Waals surface area (Å²) in [6.07, 6.45) is -0.621. The number of aliphatic hydroxyl groups excluding tert-OH is 2. The van der Waals surface area contributed by atoms with E-state index in [-0.39, 0.29) is 36.5 Å². The minimum atomic E-state index is -1.26. The van der Waals surface area contributed by atoms with Crippen molar-refractivity contribution in [1.82, 2.24) is 24.8 Å². The molecule has 2 aliphatic rings. The van der Waals surface area contributed by atoms with Crippen molar-refractivity contribution >= 4 is 29.0 Å². The van der Waals surface area contributed by atoms with Crippen molar-refractivity contribution in [3.05, 3.63) is 102 Å². The lowest BCUT2D eigenvalue weighted by atomic mass is 9.91. The number of amides is 1. The third-order valence-corrected chi connectivity index (χ3v) is 9.51. The third-order valence-electron chi connectivity index (χ3n) is 9.51. The summed E-state index contributed by atoms with van der Waals surface area (Å²) < 4.78 is 7.08. The molecule has 1 unspecified atom stereocenters. The van der Waals surface area contributed by atoms with Gasteiger partial charge in [-0.1, -0.05) is 54.6 Å². The summed E-state index contributed by atoms with van der Waals surface area (Å²) in [5.74, 6) is 1.05. The molecule has 0 radical (unpaired) electrons. The number of nitrogens with one attached hydrogen (secondary N) is 2. The molecule has 50 heavy (non-hydrogen) atoms. The number of aliphatic hydroxyl groups is 2. The second kappa shape index (κ2) is 14.2. The molecule has 14 heteroatoms. The third kappa shape index (κ3) is 6.99. The number of nitrogens with two attached hydrogens (primary N) is 1. The summed E-state index contributed by atoms with van der Waals surface area (Å²) in [4.78, 5) is 29.1. The number of benzene rings is 3. The van der Waals surface area contributed by atoms with Crippen molar-refractivity contribution in [3.63, 3.8) is 0 Å². The van der Waals surface area contributed by atoms with E-state index >= 15 is 0 Å². The van der Waals surface area contributed by atoms with Gasteiger partial charge in [0.25, 0.3) is 0 Å². The van der Waals surface area contributed by atoms with Crippen LogP contribution in [0.5, 0.6) is 11.5 Å². The number of carbonyl (C=O) groups is 1. The van der Waals surface area contributed by atoms with Crippen LogP contribution in [-0.2, 0) is 11.3 Å². The zero-order valence-corrected chi connectivity index (χ0v) is 27.2. The molecule has 7 rings (SSSR count). The van der Waals surface area contributed by atoms with Crippen LogP contribution in [0, 0.1) is 0 Å². The average Bonchev–Trinajstić information content (AvgIpc) is 3.83. The molecule has 14 nitrogen and oxygen atoms in total. The van der Waals surface area contributed by atoms with Crippen LogP contribution in [0.2, 0.25) is 0 Å². The first-order chi connectivity index (χ1) is 24.2. The van der Waals surface area contributed by atoms with Crippen LogP contribution in [0.3, 0.4) is 0 Å². The maximum Gasteiger partial charge on any atom is 0.407 e. The fourth-order valence-electron chi connectivity index (χ4n) is 6.76. The molecule has 8 N–H and O–H groups in total. The zero-order chi connectivity index (χ0) is 34.8. The number of nitrogens with zero attached hydrogens (tertiary/aromatic N) is 5. The lowest BCUT2D eigenvalue weighted by Crippen LogP contribution is -2.43. The molecule has 2 aromatic heterocycles. The van der Waals surface area contributed by atoms with Crippen molar-refractivity contribution in [2.24, 2.45) is 5.73 Å². The van der Waals surface area contributed by atoms with E-state index in [1.165, 1.54) is 0 Å². The van der Waals surface area contributed by atoms with E-state index in [9.17, 15) is 25.2 Å². The second-order valence-corrected chi connectivity index (χ2v) is 12.9. The van der Waals surface area contributed by atoms with E-state index in [4.69, 9.17) is 20.4 Å². The van der Waals surface area contributed by atoms with Gasteiger partial charge in [-0.15, -0.1) is 0 Å². The molecule has 3 heterocycles. The van der Waals surface area contributed by atoms with E-state index < -0.39 is 30.4 Å². The van der Waals surface area contributed by atoms with Gasteiger partial charge in [-0.2, -0.15) is 9.97 Å². The molecular weight excluding hydrogens is 640 g/mol. The molecule has 1 saturated carbocycles. The fraction of sp³-hybridized carbons (Fsp3) is 0.333. The van der Waals surface area contributed by atoms with Gasteiger partial charge in [0.15, 0.2) is 17.0 Å². The van der Waals surface area contributed by atoms with Crippen LogP contribution < -0.4 is 21.3 Å². The largest absolute Gasteiger partial charge is 0.508 e. The van der Waals surface area contributed by atoms with Gasteiger partial charge in [0.1, 0.15) is 30.3 Å². The summed E-state index contributed by atoms with van der Waals surface area (Å²) >= 11 is 0. The number of hydrogen-bond donors (Lipinski definition) is 7. The molecule has 1 aliphatic carbocycles. The first kappa shape index (κ1) is 33.1. The molecule has 1 amide bonds. The molecule has 5 atom stereocenters. The van der Waals surface area contributed by atoms with Crippen LogP contribution in [0.25, 0.3) is 11.2 Å². The minimum absolute atomic E-state index is 0.0238. The van der Waals surface area contributed by atoms with Gasteiger partial charge in [-0.3, -0.25) is 0 Å². The van der Waals surface area contributed by atoms with Crippen molar-refractivity contribution < 1.29 is 30.0 Å². The van der Waals surface area contributed by atoms with E-state index in [0.29, 0.717) is 42.6 Å². The predicted molar refractivity (Wildman–Crippen MR) is 186 cm³/mol. The van der Waals surface area contributed by atoms with Gasteiger partial charge >= 0.3 is 6.09 Å². The minimum Gasteiger partial charge on any atom is -0.508 e. The van der Waals surface area contributed by atoms with E-state index in [1.54, 1.807) is 35.2 Å². The number of phenolic OH excluding ortho intramolecular Hbond substituents is 2. The Morgan fingerprint density at radius 1 is 0.940 bits per heavy atom. The Bertz CT molecular complexity index is 1880. The highest BCUT2D eigenvalue weighted by Crippen LogP contribution is 2.36. The molecule has 3 aromatic carbocycles. The van der Waals surface area contributed by atoms with Gasteiger partial charge in [0, 0.05) is 31.6 Å². The smallest absolute Gasteiger partial charge is 0.407 e. The van der Waals surface area contributed by atoms with Crippen LogP contribution in [-0.4, -0.2) is 90.0 Å². The van der Waals surface area contributed by atoms with Crippen molar-refractivity contribution in [1.29, 1.82) is 0 Å². The van der Waals surface area contributed by atoms with Crippen molar-refractivity contribution in [3.8, 4) is 11.5 Å². The monoisotopic (exact) mass is 680 g/mol. The number of imidazole rings is 1. The van der Waals surface area contributed by atoms with Crippen LogP contribution >= 0.6 is 0 Å². The van der Waals surface area contributed by atoms with Gasteiger partial charge in [0.2, 0.25) is 5.95 Å². The SMILES string of the molecule is NC1CCN(c2nc(NCC(c3ccc(O)cc3)c3ccc(O)cc3)c3ncn([C@@H]4C[C@H](NC(=O)OCc5ccccc5)[C@@H](O)[C@H]4O)c3n2)C1. The topological polar surface area (TPSA) is 204 Å². The number of fused-ring (bicyclic) bond motifs is 1. The maximum atomic E-state index is 12.6. The van der Waals surface area contributed by atoms with E-state index in [1.807, 2.05) is 59.5 Å². The molecule has 0 spiro atoms. The Kier molecular flexibility index (Phi) is 9.39. The summed E-state index contributed by atoms with van der Waals surface area (Å²) in [5, 5.41) is 48.3. The number of aromatic nitrogens is 4. The summed E-state index contributed by atoms with van der Waals surface area (Å²) in [6.45, 7) is 1.70. The Labute approximate surface area is 288 Å². The quantitative estimate of drug-likeness (QED) is 0.114. The normalized spacial score (nSPS) is 21.9. The lowest BCUT2D eigenvalue weighted by Gasteiger charge is -2.22. The van der Waals surface area contributed by atoms with Gasteiger partial charge in [0.05, 0.1) is 18.4 Å². The van der Waals surface area contributed by atoms with Crippen molar-refractivity contribution in [2.75, 3.05) is 29.9 Å². The molecule has 1 aliphatic heterocycles. The summed E-state index contributed by atoms with van der Waals surface area (Å²) in [7, 11) is 0. The van der Waals surface area contributed by atoms with Crippen molar-refractivity contribution in [2.45, 2.75) is 55.7 Å². The summed E-state index contributed by atoms with van der Waals surface area (Å²) in [5.41, 5.74) is 9.86. The molecule has 260 valence electrons. The van der Waals surface area contributed by atoms with Gasteiger partial charge in [-0.05, 0) is 53.8 Å². The second-order valence-electron chi connectivity index (χ2n) is 12.9. The number of aromatic hydroxyl groups is 2. The lowest BCUT2D eigenvalue weighted by molar-refractivity contribution is 0.0136. The Balaban J connectivity index is 1.16. The highest BCUT2D eigenvalue weighted by molar-refractivity contribution is 5.84. The average molecular weight is 681 g/mol. The van der Waals surface area contributed by atoms with E-state index in [2.05, 4.69) is 15.6 Å². The molecule has 5 aromatic rings. The molecular formula is C36H40N8O6. The van der Waals surface area contributed by atoms with E-state index in [0.717, 1.165) is 23.1 Å². The Morgan fingerprint density at radius 2 is 1.62 bits per heavy atom. The number of carbonyl (C=O) groups excluding carboxylic acids is 1. The van der Waals surface area contributed by atoms with Gasteiger partial charge < -0.3 is 51.0 Å². The number of phenols is 2. The Hall–Kier alpha value is -5.44. The van der Waals surface area contributed by atoms with Crippen LogP contribution in [0.15, 0.2) is 85.2 Å². The molecule has 0 bridgehead atoms. The zero-order valence-electron chi connectivity index (χ0n) is 27.2. The number of alkyl carbamates (subject to hydrolysis) is 1. The highest BCUT2D eigenvalue weighted by atomic mass is 16.5. The predicted octanol–water partition coefficient (Wildman–Crippen LogP) is 2.98. The van der Waals surface area contributed by atoms with Gasteiger partial charge in [-0.25, -0.2) is 9.78 Å². The first-order valence-electron chi connectivity index (χ1n) is 16.6. The maximum absolute atomic E-state index is 12.6. The Morgan fingerprint density at radius 3 is 2.26 bits per heavy atom. The number of ether oxygens (including phenoxy) is 1. The molecule has 1 saturated heterocycles. The van der Waals surface area contributed by atoms with Crippen LogP contribution in [0.4, 0.5) is 16.6 Å². The van der Waals surface area contributed by atoms with Crippen LogP contribution in [0.1, 0.15) is 41.5 Å². The summed E-state index contributed by atoms with van der Waals surface area (Å²) in [6, 6.07) is 21.8. The highest BCUT2D eigenvalue weighted by Gasteiger charge is 2.44. The first-order valence-corrected chi connectivity index (χ1v) is 16.6. The number of rotatable bonds is 10. The number of anilines is 2. The fourth-order valence-corrected chi connectivity index (χ4v) is 6.76.